The molecule has 5 rings (SSSR count). The van der Waals surface area contributed by atoms with Gasteiger partial charge in [0.2, 0.25) is 10.0 Å². The van der Waals surface area contributed by atoms with Crippen molar-refractivity contribution < 1.29 is 13.2 Å². The maximum absolute atomic E-state index is 13.2. The number of anilines is 1. The highest BCUT2D eigenvalue weighted by Gasteiger charge is 2.30. The standard InChI is InChI=1S/C25H29N7O3S/c1-3-15-36(34,35)30-13-9-19(10-14-30)22-16-23(32(29-22)20-7-5-18(2)6-8-20)28-25(33)21-17-27-31-12-4-11-26-24(21)31/h4-8,11-12,16-17,19H,3,9-10,13-15H2,1-2H3,(H,28,33). The summed E-state index contributed by atoms with van der Waals surface area (Å²) in [5, 5.41) is 12.0. The van der Waals surface area contributed by atoms with Crippen molar-refractivity contribution in [2.45, 2.75) is 39.0 Å². The monoisotopic (exact) mass is 507 g/mol. The van der Waals surface area contributed by atoms with Crippen LogP contribution < -0.4 is 5.32 Å². The summed E-state index contributed by atoms with van der Waals surface area (Å²) in [6.07, 6.45) is 6.82. The Morgan fingerprint density at radius 3 is 2.64 bits per heavy atom. The Morgan fingerprint density at radius 2 is 1.92 bits per heavy atom. The number of piperidine rings is 1. The molecule has 4 heterocycles. The number of aromatic nitrogens is 5. The van der Waals surface area contributed by atoms with Crippen LogP contribution in [0.25, 0.3) is 11.3 Å². The van der Waals surface area contributed by atoms with Crippen LogP contribution in [0.5, 0.6) is 0 Å². The molecule has 3 aromatic heterocycles. The molecule has 0 saturated carbocycles. The molecular weight excluding hydrogens is 478 g/mol. The third kappa shape index (κ3) is 4.76. The first-order valence-corrected chi connectivity index (χ1v) is 13.7. The largest absolute Gasteiger partial charge is 0.306 e. The molecule has 1 aliphatic rings. The van der Waals surface area contributed by atoms with Crippen molar-refractivity contribution in [2.24, 2.45) is 0 Å². The number of hydrogen-bond acceptors (Lipinski definition) is 6. The summed E-state index contributed by atoms with van der Waals surface area (Å²) in [5.74, 6) is 0.479. The second-order valence-corrected chi connectivity index (χ2v) is 11.2. The van der Waals surface area contributed by atoms with Gasteiger partial charge in [0.05, 0.1) is 23.3 Å². The molecule has 4 aromatic rings. The summed E-state index contributed by atoms with van der Waals surface area (Å²) >= 11 is 0. The molecule has 0 unspecified atom stereocenters. The highest BCUT2D eigenvalue weighted by atomic mass is 32.2. The van der Waals surface area contributed by atoms with E-state index >= 15 is 0 Å². The molecule has 188 valence electrons. The molecular formula is C25H29N7O3S. The first-order valence-electron chi connectivity index (χ1n) is 12.1. The van der Waals surface area contributed by atoms with Gasteiger partial charge in [-0.15, -0.1) is 0 Å². The van der Waals surface area contributed by atoms with Crippen LogP contribution in [0.1, 0.15) is 53.7 Å². The molecule has 1 fully saturated rings. The molecule has 0 radical (unpaired) electrons. The summed E-state index contributed by atoms with van der Waals surface area (Å²) in [4.78, 5) is 17.5. The summed E-state index contributed by atoms with van der Waals surface area (Å²) in [5.41, 5.74) is 3.61. The highest BCUT2D eigenvalue weighted by molar-refractivity contribution is 7.89. The average molecular weight is 508 g/mol. The number of sulfonamides is 1. The lowest BCUT2D eigenvalue weighted by atomic mass is 9.95. The number of carbonyl (C=O) groups is 1. The van der Waals surface area contributed by atoms with Gasteiger partial charge in [-0.05, 0) is 44.4 Å². The Kier molecular flexibility index (Phi) is 6.59. The first kappa shape index (κ1) is 24.1. The number of hydrogen-bond donors (Lipinski definition) is 1. The van der Waals surface area contributed by atoms with E-state index in [1.807, 2.05) is 44.2 Å². The van der Waals surface area contributed by atoms with E-state index in [1.54, 1.807) is 32.0 Å². The fraction of sp³-hybridized carbons (Fsp3) is 0.360. The molecule has 0 aliphatic carbocycles. The van der Waals surface area contributed by atoms with Gasteiger partial charge < -0.3 is 5.32 Å². The predicted octanol–water partition coefficient (Wildman–Crippen LogP) is 3.39. The lowest BCUT2D eigenvalue weighted by molar-refractivity contribution is 0.102. The lowest BCUT2D eigenvalue weighted by Crippen LogP contribution is -2.39. The number of aryl methyl sites for hydroxylation is 1. The molecule has 0 bridgehead atoms. The summed E-state index contributed by atoms with van der Waals surface area (Å²) < 4.78 is 29.8. The molecule has 1 aromatic carbocycles. The molecule has 36 heavy (non-hydrogen) atoms. The van der Waals surface area contributed by atoms with Crippen molar-refractivity contribution in [1.29, 1.82) is 0 Å². The number of carbonyl (C=O) groups excluding carboxylic acids is 1. The van der Waals surface area contributed by atoms with Gasteiger partial charge in [-0.1, -0.05) is 24.6 Å². The van der Waals surface area contributed by atoms with Gasteiger partial charge in [0.1, 0.15) is 11.4 Å². The number of benzene rings is 1. The third-order valence-corrected chi connectivity index (χ3v) is 8.58. The average Bonchev–Trinajstić information content (AvgIpc) is 3.49. The minimum absolute atomic E-state index is 0.0964. The number of rotatable bonds is 7. The molecule has 1 N–H and O–H groups in total. The highest BCUT2D eigenvalue weighted by Crippen LogP contribution is 2.31. The molecule has 1 aliphatic heterocycles. The van der Waals surface area contributed by atoms with E-state index in [2.05, 4.69) is 15.4 Å². The van der Waals surface area contributed by atoms with Crippen LogP contribution in [0.3, 0.4) is 0 Å². The molecule has 1 amide bonds. The van der Waals surface area contributed by atoms with Gasteiger partial charge in [0, 0.05) is 37.5 Å². The van der Waals surface area contributed by atoms with Crippen molar-refractivity contribution >= 4 is 27.4 Å². The minimum Gasteiger partial charge on any atom is -0.306 e. The van der Waals surface area contributed by atoms with Crippen molar-refractivity contribution in [3.8, 4) is 5.69 Å². The lowest BCUT2D eigenvalue weighted by Gasteiger charge is -2.30. The zero-order chi connectivity index (χ0) is 25.3. The number of amides is 1. The van der Waals surface area contributed by atoms with E-state index in [1.165, 1.54) is 6.20 Å². The van der Waals surface area contributed by atoms with E-state index < -0.39 is 10.0 Å². The van der Waals surface area contributed by atoms with E-state index in [0.29, 0.717) is 49.4 Å². The number of nitrogens with zero attached hydrogens (tertiary/aromatic N) is 6. The van der Waals surface area contributed by atoms with Crippen molar-refractivity contribution in [2.75, 3.05) is 24.2 Å². The zero-order valence-electron chi connectivity index (χ0n) is 20.3. The van der Waals surface area contributed by atoms with Gasteiger partial charge in [-0.3, -0.25) is 4.79 Å². The zero-order valence-corrected chi connectivity index (χ0v) is 21.1. The SMILES string of the molecule is CCCS(=O)(=O)N1CCC(c2cc(NC(=O)c3cnn4cccnc34)n(-c3ccc(C)cc3)n2)CC1. The van der Waals surface area contributed by atoms with Crippen molar-refractivity contribution in [1.82, 2.24) is 28.7 Å². The van der Waals surface area contributed by atoms with Crippen LogP contribution >= 0.6 is 0 Å². The van der Waals surface area contributed by atoms with E-state index in [-0.39, 0.29) is 17.6 Å². The molecule has 0 spiro atoms. The van der Waals surface area contributed by atoms with Gasteiger partial charge in [-0.2, -0.15) is 10.2 Å². The second kappa shape index (κ2) is 9.82. The van der Waals surface area contributed by atoms with Crippen LogP contribution in [0, 0.1) is 6.92 Å². The smallest absolute Gasteiger partial charge is 0.262 e. The fourth-order valence-electron chi connectivity index (χ4n) is 4.56. The van der Waals surface area contributed by atoms with Crippen LogP contribution in [0.15, 0.2) is 55.0 Å². The topological polar surface area (TPSA) is 114 Å². The molecule has 0 atom stereocenters. The molecule has 10 nitrogen and oxygen atoms in total. The molecule has 11 heteroatoms. The van der Waals surface area contributed by atoms with E-state index in [9.17, 15) is 13.2 Å². The molecule has 1 saturated heterocycles. The van der Waals surface area contributed by atoms with Crippen LogP contribution in [0.4, 0.5) is 5.82 Å². The Bertz CT molecular complexity index is 1480. The maximum Gasteiger partial charge on any atom is 0.262 e. The van der Waals surface area contributed by atoms with E-state index in [4.69, 9.17) is 5.10 Å². The summed E-state index contributed by atoms with van der Waals surface area (Å²) in [6.45, 7) is 4.83. The quantitative estimate of drug-likeness (QED) is 0.410. The Hall–Kier alpha value is -3.57. The van der Waals surface area contributed by atoms with Gasteiger partial charge in [-0.25, -0.2) is 26.9 Å². The van der Waals surface area contributed by atoms with E-state index in [0.717, 1.165) is 16.9 Å². The first-order chi connectivity index (χ1) is 17.4. The second-order valence-electron chi connectivity index (χ2n) is 9.09. The van der Waals surface area contributed by atoms with Crippen LogP contribution in [-0.4, -0.2) is 61.9 Å². The summed E-state index contributed by atoms with van der Waals surface area (Å²) in [7, 11) is -3.21. The summed E-state index contributed by atoms with van der Waals surface area (Å²) in [6, 6.07) is 11.5. The number of fused-ring (bicyclic) bond motifs is 1. The van der Waals surface area contributed by atoms with Crippen molar-refractivity contribution in [3.05, 3.63) is 71.8 Å². The van der Waals surface area contributed by atoms with Crippen LogP contribution in [0.2, 0.25) is 0 Å². The van der Waals surface area contributed by atoms with Gasteiger partial charge in [0.15, 0.2) is 5.65 Å². The maximum atomic E-state index is 13.2. The van der Waals surface area contributed by atoms with Crippen molar-refractivity contribution in [3.63, 3.8) is 0 Å². The normalized spacial score (nSPS) is 15.4. The van der Waals surface area contributed by atoms with Crippen LogP contribution in [-0.2, 0) is 10.0 Å². The predicted molar refractivity (Wildman–Crippen MR) is 137 cm³/mol. The van der Waals surface area contributed by atoms with Gasteiger partial charge >= 0.3 is 0 Å². The Balaban J connectivity index is 1.43. The minimum atomic E-state index is -3.21. The Labute approximate surface area is 210 Å². The van der Waals surface area contributed by atoms with Gasteiger partial charge in [0.25, 0.3) is 5.91 Å². The number of nitrogens with one attached hydrogen (secondary N) is 1. The Morgan fingerprint density at radius 1 is 1.17 bits per heavy atom. The third-order valence-electron chi connectivity index (χ3n) is 6.50. The fourth-order valence-corrected chi connectivity index (χ4v) is 6.10.